The van der Waals surface area contributed by atoms with Gasteiger partial charge in [0.2, 0.25) is 0 Å². The number of aliphatic hydroxyl groups excluding tert-OH is 1. The van der Waals surface area contributed by atoms with Gasteiger partial charge in [-0.15, -0.1) is 0 Å². The molecule has 0 spiro atoms. The van der Waals surface area contributed by atoms with Gasteiger partial charge in [0.25, 0.3) is 5.91 Å². The molecule has 2 aromatic carbocycles. The van der Waals surface area contributed by atoms with Crippen molar-refractivity contribution in [1.29, 1.82) is 0 Å². The van der Waals surface area contributed by atoms with E-state index in [1.54, 1.807) is 13.0 Å². The van der Waals surface area contributed by atoms with Gasteiger partial charge in [-0.3, -0.25) is 4.79 Å². The van der Waals surface area contributed by atoms with Crippen molar-refractivity contribution >= 4 is 17.3 Å². The van der Waals surface area contributed by atoms with Gasteiger partial charge in [0.1, 0.15) is 5.82 Å². The van der Waals surface area contributed by atoms with Crippen LogP contribution >= 0.6 is 0 Å². The molecule has 0 saturated heterocycles. The lowest BCUT2D eigenvalue weighted by Gasteiger charge is -2.24. The maximum atomic E-state index is 14.7. The van der Waals surface area contributed by atoms with Crippen molar-refractivity contribution in [2.24, 2.45) is 5.92 Å². The number of halogens is 3. The minimum Gasteiger partial charge on any atom is -0.395 e. The lowest BCUT2D eigenvalue weighted by Crippen LogP contribution is -2.36. The molecule has 0 aromatic heterocycles. The Morgan fingerprint density at radius 3 is 2.47 bits per heavy atom. The topological polar surface area (TPSA) is 76.6 Å². The number of anilines is 2. The molecular weight excluding hydrogens is 469 g/mol. The first-order chi connectivity index (χ1) is 17.3. The number of carbonyl (C=O) groups is 1. The first-order valence-corrected chi connectivity index (χ1v) is 12.5. The number of hydrogen-bond donors (Lipinski definition) is 4. The zero-order valence-electron chi connectivity index (χ0n) is 21.5. The van der Waals surface area contributed by atoms with E-state index in [1.165, 1.54) is 29.5 Å². The molecule has 2 aromatic rings. The monoisotopic (exact) mass is 508 g/mol. The molecule has 0 radical (unpaired) electrons. The Bertz CT molecular complexity index is 974. The lowest BCUT2D eigenvalue weighted by atomic mass is 10.0. The van der Waals surface area contributed by atoms with Crippen molar-refractivity contribution in [3.63, 3.8) is 0 Å². The van der Waals surface area contributed by atoms with Gasteiger partial charge in [-0.1, -0.05) is 13.0 Å². The van der Waals surface area contributed by atoms with E-state index in [4.69, 9.17) is 0 Å². The third-order valence-corrected chi connectivity index (χ3v) is 6.09. The highest BCUT2D eigenvalue weighted by Crippen LogP contribution is 2.29. The van der Waals surface area contributed by atoms with E-state index < -0.39 is 29.0 Å². The van der Waals surface area contributed by atoms with Gasteiger partial charge < -0.3 is 26.0 Å². The Hall–Kier alpha value is -2.62. The third-order valence-electron chi connectivity index (χ3n) is 6.09. The Kier molecular flexibility index (Phi) is 12.7. The van der Waals surface area contributed by atoms with E-state index in [-0.39, 0.29) is 24.4 Å². The number of carbonyl (C=O) groups excluding carboxylic acids is 1. The van der Waals surface area contributed by atoms with E-state index in [0.717, 1.165) is 32.0 Å². The normalized spacial score (nSPS) is 12.0. The largest absolute Gasteiger partial charge is 0.395 e. The number of rotatable bonds is 16. The van der Waals surface area contributed by atoms with E-state index in [2.05, 4.69) is 22.9 Å². The fourth-order valence-electron chi connectivity index (χ4n) is 3.95. The second-order valence-corrected chi connectivity index (χ2v) is 9.15. The first-order valence-electron chi connectivity index (χ1n) is 12.5. The Labute approximate surface area is 212 Å². The molecule has 200 valence electrons. The molecular formula is C27H39F3N4O2. The predicted octanol–water partition coefficient (Wildman–Crippen LogP) is 4.60. The number of hydrogen-bond acceptors (Lipinski definition) is 5. The molecule has 0 aliphatic rings. The molecule has 1 amide bonds. The van der Waals surface area contributed by atoms with Crippen LogP contribution in [0, 0.1) is 30.3 Å². The smallest absolute Gasteiger partial charge is 0.256 e. The van der Waals surface area contributed by atoms with Crippen LogP contribution < -0.4 is 16.0 Å². The van der Waals surface area contributed by atoms with E-state index in [0.29, 0.717) is 31.0 Å². The molecule has 0 saturated carbocycles. The zero-order chi connectivity index (χ0) is 26.5. The summed E-state index contributed by atoms with van der Waals surface area (Å²) in [6.07, 6.45) is 3.99. The SMILES string of the molecule is CNCCCC(C)CCNCCCN(CCO)C(=O)c1ccc(F)c(F)c1Nc1ccc(C)cc1F. The highest BCUT2D eigenvalue weighted by molar-refractivity contribution is 6.00. The van der Waals surface area contributed by atoms with E-state index >= 15 is 0 Å². The summed E-state index contributed by atoms with van der Waals surface area (Å²) < 4.78 is 43.1. The van der Waals surface area contributed by atoms with Gasteiger partial charge in [-0.05, 0) is 95.0 Å². The van der Waals surface area contributed by atoms with E-state index in [9.17, 15) is 23.1 Å². The molecule has 1 atom stereocenters. The minimum absolute atomic E-state index is 0.0403. The number of aryl methyl sites for hydroxylation is 1. The van der Waals surface area contributed by atoms with Crippen molar-refractivity contribution in [1.82, 2.24) is 15.5 Å². The summed E-state index contributed by atoms with van der Waals surface area (Å²) in [6, 6.07) is 6.33. The summed E-state index contributed by atoms with van der Waals surface area (Å²) >= 11 is 0. The quantitative estimate of drug-likeness (QED) is 0.250. The van der Waals surface area contributed by atoms with Gasteiger partial charge in [0.15, 0.2) is 11.6 Å². The lowest BCUT2D eigenvalue weighted by molar-refractivity contribution is 0.0720. The van der Waals surface area contributed by atoms with Crippen LogP contribution in [-0.4, -0.2) is 62.3 Å². The highest BCUT2D eigenvalue weighted by atomic mass is 19.2. The van der Waals surface area contributed by atoms with Crippen molar-refractivity contribution in [2.45, 2.75) is 39.5 Å². The summed E-state index contributed by atoms with van der Waals surface area (Å²) in [4.78, 5) is 14.6. The Morgan fingerprint density at radius 1 is 1.00 bits per heavy atom. The molecule has 4 N–H and O–H groups in total. The molecule has 0 aliphatic carbocycles. The van der Waals surface area contributed by atoms with Gasteiger partial charge in [0.05, 0.1) is 23.5 Å². The average molecular weight is 509 g/mol. The van der Waals surface area contributed by atoms with Crippen molar-refractivity contribution in [2.75, 3.05) is 51.7 Å². The fourth-order valence-corrected chi connectivity index (χ4v) is 3.95. The molecule has 6 nitrogen and oxygen atoms in total. The number of aliphatic hydroxyl groups is 1. The van der Waals surface area contributed by atoms with Crippen LogP contribution in [0.1, 0.15) is 48.5 Å². The fraction of sp³-hybridized carbons (Fsp3) is 0.519. The van der Waals surface area contributed by atoms with Crippen LogP contribution in [0.2, 0.25) is 0 Å². The summed E-state index contributed by atoms with van der Waals surface area (Å²) in [5.41, 5.74) is 0.0269. The summed E-state index contributed by atoms with van der Waals surface area (Å²) in [6.45, 7) is 6.58. The molecule has 0 heterocycles. The third kappa shape index (κ3) is 9.11. The van der Waals surface area contributed by atoms with Crippen LogP contribution in [0.15, 0.2) is 30.3 Å². The molecule has 2 rings (SSSR count). The average Bonchev–Trinajstić information content (AvgIpc) is 2.84. The number of amides is 1. The number of benzene rings is 2. The van der Waals surface area contributed by atoms with Crippen LogP contribution in [0.4, 0.5) is 24.5 Å². The summed E-state index contributed by atoms with van der Waals surface area (Å²) in [7, 11) is 1.95. The van der Waals surface area contributed by atoms with Crippen molar-refractivity contribution in [3.05, 3.63) is 58.9 Å². The van der Waals surface area contributed by atoms with E-state index in [1.807, 2.05) is 7.05 Å². The summed E-state index contributed by atoms with van der Waals surface area (Å²) in [5, 5.41) is 18.6. The van der Waals surface area contributed by atoms with Crippen molar-refractivity contribution in [3.8, 4) is 0 Å². The second-order valence-electron chi connectivity index (χ2n) is 9.15. The second kappa shape index (κ2) is 15.5. The highest BCUT2D eigenvalue weighted by Gasteiger charge is 2.24. The molecule has 0 bridgehead atoms. The van der Waals surface area contributed by atoms with Crippen molar-refractivity contribution < 1.29 is 23.1 Å². The molecule has 0 aliphatic heterocycles. The molecule has 0 fully saturated rings. The van der Waals surface area contributed by atoms with Gasteiger partial charge in [-0.2, -0.15) is 0 Å². The number of nitrogens with one attached hydrogen (secondary N) is 3. The van der Waals surface area contributed by atoms with Gasteiger partial charge in [-0.25, -0.2) is 13.2 Å². The van der Waals surface area contributed by atoms with Crippen LogP contribution in [0.25, 0.3) is 0 Å². The molecule has 9 heteroatoms. The van der Waals surface area contributed by atoms with Crippen LogP contribution in [-0.2, 0) is 0 Å². The maximum absolute atomic E-state index is 14.7. The van der Waals surface area contributed by atoms with Gasteiger partial charge in [0, 0.05) is 13.1 Å². The predicted molar refractivity (Wildman–Crippen MR) is 138 cm³/mol. The molecule has 36 heavy (non-hydrogen) atoms. The summed E-state index contributed by atoms with van der Waals surface area (Å²) in [5.74, 6) is -3.02. The minimum atomic E-state index is -1.27. The van der Waals surface area contributed by atoms with Crippen LogP contribution in [0.5, 0.6) is 0 Å². The van der Waals surface area contributed by atoms with Gasteiger partial charge >= 0.3 is 0 Å². The van der Waals surface area contributed by atoms with Crippen LogP contribution in [0.3, 0.4) is 0 Å². The zero-order valence-corrected chi connectivity index (χ0v) is 21.5. The maximum Gasteiger partial charge on any atom is 0.256 e. The molecule has 1 unspecified atom stereocenters. The number of nitrogens with zero attached hydrogens (tertiary/aromatic N) is 1. The first kappa shape index (κ1) is 29.6. The standard InChI is InChI=1S/C27H39F3N4O2/c1-19(6-4-12-31-3)11-14-32-13-5-15-34(16-17-35)27(36)21-8-9-22(28)25(30)26(21)33-24-10-7-20(2)18-23(24)29/h7-10,18-19,31-33,35H,4-6,11-17H2,1-3H3. The Balaban J connectivity index is 2.01. The Morgan fingerprint density at radius 2 is 1.78 bits per heavy atom.